The largest absolute Gasteiger partial charge is 0.386 e. The van der Waals surface area contributed by atoms with E-state index in [1.54, 1.807) is 6.07 Å². The Hall–Kier alpha value is -1.37. The van der Waals surface area contributed by atoms with Crippen LogP contribution < -0.4 is 5.32 Å². The van der Waals surface area contributed by atoms with Crippen LogP contribution in [-0.4, -0.2) is 75.5 Å². The van der Waals surface area contributed by atoms with Gasteiger partial charge in [0.1, 0.15) is 17.4 Å². The Morgan fingerprint density at radius 1 is 1.29 bits per heavy atom. The minimum absolute atomic E-state index is 0.109. The van der Waals surface area contributed by atoms with Crippen molar-refractivity contribution in [3.05, 3.63) is 29.1 Å². The molecule has 1 saturated carbocycles. The molecular formula is C19H29ClN4O9P2. The Bertz CT molecular complexity index is 1160. The fraction of sp³-hybridized carbons (Fsp3) is 0.579. The third-order valence-electron chi connectivity index (χ3n) is 5.68. The maximum Gasteiger partial charge on any atom is 0.340 e. The van der Waals surface area contributed by atoms with Crippen molar-refractivity contribution >= 4 is 43.5 Å². The molecule has 3 rings (SSSR count). The molecule has 2 heterocycles. The lowest BCUT2D eigenvalue weighted by Gasteiger charge is -2.26. The fourth-order valence-corrected chi connectivity index (χ4v) is 6.64. The van der Waals surface area contributed by atoms with Gasteiger partial charge in [-0.25, -0.2) is 9.67 Å². The van der Waals surface area contributed by atoms with E-state index in [9.17, 15) is 29.3 Å². The van der Waals surface area contributed by atoms with Gasteiger partial charge in [0.2, 0.25) is 0 Å². The molecule has 13 nitrogen and oxygen atoms in total. The molecule has 2 aromatic heterocycles. The number of aliphatic hydroxyl groups excluding tert-OH is 3. The average Bonchev–Trinajstić information content (AvgIpc) is 3.41. The monoisotopic (exact) mass is 554 g/mol. The molecule has 35 heavy (non-hydrogen) atoms. The van der Waals surface area contributed by atoms with Crippen molar-refractivity contribution in [3.63, 3.8) is 0 Å². The number of aromatic nitrogens is 3. The highest BCUT2D eigenvalue weighted by Gasteiger charge is 2.34. The van der Waals surface area contributed by atoms with E-state index in [4.69, 9.17) is 25.9 Å². The van der Waals surface area contributed by atoms with Crippen LogP contribution in [0.3, 0.4) is 0 Å². The lowest BCUT2D eigenvalue weighted by Crippen LogP contribution is -2.37. The summed E-state index contributed by atoms with van der Waals surface area (Å²) in [4.78, 5) is 31.6. The van der Waals surface area contributed by atoms with Gasteiger partial charge in [-0.3, -0.25) is 9.13 Å². The number of rotatable bonds is 11. The van der Waals surface area contributed by atoms with E-state index >= 15 is 0 Å². The smallest absolute Gasteiger partial charge is 0.340 e. The molecule has 4 atom stereocenters. The van der Waals surface area contributed by atoms with E-state index in [0.717, 1.165) is 30.4 Å². The molecule has 16 heteroatoms. The molecule has 2 aromatic rings. The second kappa shape index (κ2) is 11.4. The molecule has 0 bridgehead atoms. The number of halogens is 1. The lowest BCUT2D eigenvalue weighted by atomic mass is 10.0. The number of nitrogens with one attached hydrogen (secondary N) is 1. The number of allylic oxidation sites excluding steroid dienone is 1. The summed E-state index contributed by atoms with van der Waals surface area (Å²) in [5.74, 6) is -1.40. The zero-order chi connectivity index (χ0) is 26.0. The Labute approximate surface area is 206 Å². The molecule has 196 valence electrons. The Morgan fingerprint density at radius 2 is 1.94 bits per heavy atom. The number of aliphatic hydroxyl groups is 3. The molecule has 0 radical (unpaired) electrons. The van der Waals surface area contributed by atoms with Crippen LogP contribution in [0.15, 0.2) is 23.9 Å². The van der Waals surface area contributed by atoms with E-state index in [0.29, 0.717) is 11.1 Å². The molecule has 0 spiro atoms. The van der Waals surface area contributed by atoms with E-state index < -0.39 is 46.1 Å². The van der Waals surface area contributed by atoms with Crippen LogP contribution in [0.4, 0.5) is 5.69 Å². The van der Waals surface area contributed by atoms with Crippen LogP contribution in [0.25, 0.3) is 11.0 Å². The van der Waals surface area contributed by atoms with E-state index in [1.807, 2.05) is 0 Å². The molecule has 0 aromatic carbocycles. The third-order valence-corrected chi connectivity index (χ3v) is 9.31. The highest BCUT2D eigenvalue weighted by atomic mass is 35.5. The first-order valence-corrected chi connectivity index (χ1v) is 14.8. The van der Waals surface area contributed by atoms with Crippen molar-refractivity contribution in [2.24, 2.45) is 0 Å². The summed E-state index contributed by atoms with van der Waals surface area (Å²) >= 11 is 6.17. The minimum atomic E-state index is -4.83. The zero-order valence-corrected chi connectivity index (χ0v) is 21.4. The number of anilines is 1. The van der Waals surface area contributed by atoms with Gasteiger partial charge >= 0.3 is 15.2 Å². The van der Waals surface area contributed by atoms with Crippen molar-refractivity contribution in [3.8, 4) is 0 Å². The summed E-state index contributed by atoms with van der Waals surface area (Å²) in [7, 11) is -9.52. The Balaban J connectivity index is 1.77. The molecule has 0 saturated heterocycles. The van der Waals surface area contributed by atoms with E-state index in [-0.39, 0.29) is 22.4 Å². The second-order valence-corrected chi connectivity index (χ2v) is 12.8. The van der Waals surface area contributed by atoms with Gasteiger partial charge < -0.3 is 39.8 Å². The summed E-state index contributed by atoms with van der Waals surface area (Å²) in [5, 5.41) is 40.1. The number of nitrogens with zero attached hydrogens (tertiary/aromatic N) is 3. The van der Waals surface area contributed by atoms with Gasteiger partial charge in [-0.1, -0.05) is 30.5 Å². The van der Waals surface area contributed by atoms with Crippen LogP contribution in [0.2, 0.25) is 5.15 Å². The first kappa shape index (κ1) is 28.2. The normalized spacial score (nSPS) is 20.1. The van der Waals surface area contributed by atoms with Crippen LogP contribution >= 0.6 is 26.8 Å². The fourth-order valence-electron chi connectivity index (χ4n) is 3.91. The minimum Gasteiger partial charge on any atom is -0.386 e. The molecule has 1 fully saturated rings. The van der Waals surface area contributed by atoms with Crippen molar-refractivity contribution in [2.45, 2.75) is 57.1 Å². The zero-order valence-electron chi connectivity index (χ0n) is 18.8. The Kier molecular flexibility index (Phi) is 9.15. The second-order valence-electron chi connectivity index (χ2n) is 8.37. The first-order valence-electron chi connectivity index (χ1n) is 10.8. The van der Waals surface area contributed by atoms with Crippen LogP contribution in [-0.2, 0) is 13.7 Å². The molecule has 7 N–H and O–H groups in total. The van der Waals surface area contributed by atoms with E-state index in [1.165, 1.54) is 19.2 Å². The van der Waals surface area contributed by atoms with Gasteiger partial charge in [0.05, 0.1) is 23.9 Å². The molecule has 0 amide bonds. The molecule has 1 aliphatic rings. The quantitative estimate of drug-likeness (QED) is 0.121. The lowest BCUT2D eigenvalue weighted by molar-refractivity contribution is -0.0845. The van der Waals surface area contributed by atoms with E-state index in [2.05, 4.69) is 15.4 Å². The maximum absolute atomic E-state index is 11.9. The van der Waals surface area contributed by atoms with Crippen molar-refractivity contribution in [1.29, 1.82) is 0 Å². The number of hydrogen-bond donors (Lipinski definition) is 7. The van der Waals surface area contributed by atoms with Gasteiger partial charge in [-0.15, -0.1) is 0 Å². The van der Waals surface area contributed by atoms with Crippen molar-refractivity contribution in [2.75, 3.05) is 17.8 Å². The SMILES string of the molecule is C/C=C(/COP(=O)(O)CP(=O)(O)O)[C@@H](O)[C@@H](O)[C@@H](O)n1ncc2c(NC3CCCC3)cc(Cl)nc21. The summed E-state index contributed by atoms with van der Waals surface area (Å²) in [6, 6.07) is 1.91. The summed E-state index contributed by atoms with van der Waals surface area (Å²) in [6.45, 7) is 0.715. The predicted octanol–water partition coefficient (Wildman–Crippen LogP) is 1.94. The van der Waals surface area contributed by atoms with Crippen LogP contribution in [0.1, 0.15) is 38.8 Å². The molecule has 1 aliphatic carbocycles. The standard InChI is InChI=1S/C19H29ClN4O9P2/c1-2-11(9-33-35(31,32)10-34(28,29)30)16(25)17(26)19(27)24-18-13(8-21-24)14(7-15(20)23-18)22-12-5-3-4-6-12/h2,7-8,12,16-17,19,25-27H,3-6,9-10H2,1H3,(H,22,23)(H,31,32)(H2,28,29,30)/b11-2-/t16-,17-,19-/m1/s1. The molecule has 1 unspecified atom stereocenters. The van der Waals surface area contributed by atoms with Crippen molar-refractivity contribution in [1.82, 2.24) is 14.8 Å². The highest BCUT2D eigenvalue weighted by Crippen LogP contribution is 2.55. The third kappa shape index (κ3) is 7.33. The van der Waals surface area contributed by atoms with Gasteiger partial charge in [-0.2, -0.15) is 5.10 Å². The number of hydrogen-bond acceptors (Lipinski definition) is 9. The Morgan fingerprint density at radius 3 is 2.54 bits per heavy atom. The first-order chi connectivity index (χ1) is 16.3. The average molecular weight is 555 g/mol. The number of pyridine rings is 1. The van der Waals surface area contributed by atoms with Gasteiger partial charge in [-0.05, 0) is 31.4 Å². The summed E-state index contributed by atoms with van der Waals surface area (Å²) < 4.78 is 28.6. The highest BCUT2D eigenvalue weighted by molar-refractivity contribution is 7.70. The predicted molar refractivity (Wildman–Crippen MR) is 128 cm³/mol. The number of fused-ring (bicyclic) bond motifs is 1. The van der Waals surface area contributed by atoms with Gasteiger partial charge in [0.25, 0.3) is 0 Å². The summed E-state index contributed by atoms with van der Waals surface area (Å²) in [6.07, 6.45) is 1.52. The molecular weight excluding hydrogens is 526 g/mol. The van der Waals surface area contributed by atoms with Crippen LogP contribution in [0.5, 0.6) is 0 Å². The van der Waals surface area contributed by atoms with Crippen molar-refractivity contribution < 1.29 is 43.7 Å². The molecule has 0 aliphatic heterocycles. The maximum atomic E-state index is 11.9. The van der Waals surface area contributed by atoms with Crippen LogP contribution in [0, 0.1) is 0 Å². The summed E-state index contributed by atoms with van der Waals surface area (Å²) in [5.41, 5.74) is 0.728. The van der Waals surface area contributed by atoms with Gasteiger partial charge in [0, 0.05) is 6.04 Å². The topological polar surface area (TPSA) is 207 Å². The van der Waals surface area contributed by atoms with Gasteiger partial charge in [0.15, 0.2) is 17.8 Å².